The summed E-state index contributed by atoms with van der Waals surface area (Å²) in [5.74, 6) is 1.75. The van der Waals surface area contributed by atoms with Gasteiger partial charge in [-0.1, -0.05) is 37.3 Å². The fourth-order valence-electron chi connectivity index (χ4n) is 4.90. The molecule has 2 aromatic rings. The molecule has 4 nitrogen and oxygen atoms in total. The van der Waals surface area contributed by atoms with Gasteiger partial charge in [-0.05, 0) is 85.6 Å². The van der Waals surface area contributed by atoms with Crippen molar-refractivity contribution in [3.63, 3.8) is 0 Å². The average Bonchev–Trinajstić information content (AvgIpc) is 3.41. The summed E-state index contributed by atoms with van der Waals surface area (Å²) in [5, 5.41) is 20.3. The van der Waals surface area contributed by atoms with Crippen molar-refractivity contribution in [2.45, 2.75) is 57.5 Å². The van der Waals surface area contributed by atoms with Gasteiger partial charge in [-0.2, -0.15) is 0 Å². The number of aliphatic hydroxyl groups is 1. The van der Waals surface area contributed by atoms with Crippen LogP contribution in [0.2, 0.25) is 0 Å². The monoisotopic (exact) mass is 394 g/mol. The highest BCUT2D eigenvalue weighted by Gasteiger charge is 2.46. The Morgan fingerprint density at radius 2 is 1.69 bits per heavy atom. The maximum atomic E-state index is 11.4. The molecule has 0 amide bonds. The van der Waals surface area contributed by atoms with E-state index in [0.717, 1.165) is 55.6 Å². The van der Waals surface area contributed by atoms with Crippen LogP contribution in [-0.4, -0.2) is 16.2 Å². The first-order valence-electron chi connectivity index (χ1n) is 10.6. The lowest BCUT2D eigenvalue weighted by Crippen LogP contribution is -2.36. The summed E-state index contributed by atoms with van der Waals surface area (Å²) in [5.41, 5.74) is 0.296. The fraction of sp³-hybridized carbons (Fsp3) is 0.480. The van der Waals surface area contributed by atoms with E-state index in [1.807, 2.05) is 54.6 Å². The van der Waals surface area contributed by atoms with Crippen LogP contribution in [0.3, 0.4) is 0 Å². The molecule has 2 N–H and O–H groups in total. The summed E-state index contributed by atoms with van der Waals surface area (Å²) in [6.07, 6.45) is 5.82. The van der Waals surface area contributed by atoms with Crippen LogP contribution in [0.4, 0.5) is 0 Å². The van der Waals surface area contributed by atoms with Gasteiger partial charge in [0.2, 0.25) is 0 Å². The Morgan fingerprint density at radius 1 is 1.00 bits per heavy atom. The third-order valence-corrected chi connectivity index (χ3v) is 6.90. The van der Waals surface area contributed by atoms with E-state index in [1.54, 1.807) is 0 Å². The van der Waals surface area contributed by atoms with Crippen molar-refractivity contribution >= 4 is 5.97 Å². The molecule has 2 unspecified atom stereocenters. The number of para-hydroxylation sites is 1. The summed E-state index contributed by atoms with van der Waals surface area (Å²) in [4.78, 5) is 10.9. The van der Waals surface area contributed by atoms with Gasteiger partial charge in [0.05, 0.1) is 5.60 Å². The molecule has 0 spiro atoms. The van der Waals surface area contributed by atoms with Gasteiger partial charge in [-0.3, -0.25) is 4.79 Å². The Labute approximate surface area is 172 Å². The molecule has 0 saturated heterocycles. The van der Waals surface area contributed by atoms with Gasteiger partial charge in [0.1, 0.15) is 11.5 Å². The van der Waals surface area contributed by atoms with Gasteiger partial charge in [-0.15, -0.1) is 0 Å². The highest BCUT2D eigenvalue weighted by molar-refractivity contribution is 5.67. The molecule has 2 saturated carbocycles. The average molecular weight is 395 g/mol. The van der Waals surface area contributed by atoms with Crippen LogP contribution in [0, 0.1) is 17.3 Å². The summed E-state index contributed by atoms with van der Waals surface area (Å²) in [6, 6.07) is 17.5. The second-order valence-corrected chi connectivity index (χ2v) is 9.34. The smallest absolute Gasteiger partial charge is 0.303 e. The maximum Gasteiger partial charge on any atom is 0.303 e. The first kappa shape index (κ1) is 20.0. The third-order valence-electron chi connectivity index (χ3n) is 6.90. The second-order valence-electron chi connectivity index (χ2n) is 9.34. The number of hydrogen-bond donors (Lipinski definition) is 2. The largest absolute Gasteiger partial charge is 0.481 e. The first-order valence-corrected chi connectivity index (χ1v) is 10.6. The van der Waals surface area contributed by atoms with Crippen LogP contribution < -0.4 is 4.74 Å². The standard InChI is InChI=1S/C25H30O4/c1-24(17-19-14-18(19)15-23(26)27)10-12-25(28,13-11-24)20-6-5-9-22(16-20)29-21-7-3-2-4-8-21/h2-9,16,18-19,28H,10-15,17H2,1H3,(H,26,27). The zero-order valence-electron chi connectivity index (χ0n) is 17.0. The van der Waals surface area contributed by atoms with Crippen molar-refractivity contribution in [1.82, 2.24) is 0 Å². The molecule has 0 aliphatic heterocycles. The number of benzene rings is 2. The number of aliphatic carboxylic acids is 1. The zero-order valence-corrected chi connectivity index (χ0v) is 17.0. The summed E-state index contributed by atoms with van der Waals surface area (Å²) >= 11 is 0. The van der Waals surface area contributed by atoms with Crippen molar-refractivity contribution in [2.75, 3.05) is 0 Å². The maximum absolute atomic E-state index is 11.4. The number of ether oxygens (including phenoxy) is 1. The predicted octanol–water partition coefficient (Wildman–Crippen LogP) is 5.75. The van der Waals surface area contributed by atoms with Crippen molar-refractivity contribution in [2.24, 2.45) is 17.3 Å². The first-order chi connectivity index (χ1) is 13.9. The van der Waals surface area contributed by atoms with Crippen LogP contribution >= 0.6 is 0 Å². The molecule has 0 bridgehead atoms. The van der Waals surface area contributed by atoms with Crippen LogP contribution in [0.25, 0.3) is 0 Å². The number of carboxylic acids is 1. The van der Waals surface area contributed by atoms with E-state index in [2.05, 4.69) is 6.92 Å². The van der Waals surface area contributed by atoms with Gasteiger partial charge >= 0.3 is 5.97 Å². The summed E-state index contributed by atoms with van der Waals surface area (Å²) in [7, 11) is 0. The van der Waals surface area contributed by atoms with E-state index in [-0.39, 0.29) is 5.41 Å². The van der Waals surface area contributed by atoms with Crippen LogP contribution in [-0.2, 0) is 10.4 Å². The molecule has 0 aromatic heterocycles. The van der Waals surface area contributed by atoms with Crippen molar-refractivity contribution in [3.8, 4) is 11.5 Å². The predicted molar refractivity (Wildman–Crippen MR) is 112 cm³/mol. The lowest BCUT2D eigenvalue weighted by atomic mass is 9.65. The molecule has 154 valence electrons. The van der Waals surface area contributed by atoms with Gasteiger partial charge in [0.25, 0.3) is 0 Å². The zero-order chi connectivity index (χ0) is 20.5. The van der Waals surface area contributed by atoms with E-state index in [1.165, 1.54) is 0 Å². The SMILES string of the molecule is CC1(CC2CC2CC(=O)O)CCC(O)(c2cccc(Oc3ccccc3)c2)CC1. The highest BCUT2D eigenvalue weighted by Crippen LogP contribution is 2.54. The molecule has 29 heavy (non-hydrogen) atoms. The molecule has 2 aliphatic rings. The highest BCUT2D eigenvalue weighted by atomic mass is 16.5. The van der Waals surface area contributed by atoms with Crippen LogP contribution in [0.15, 0.2) is 54.6 Å². The molecule has 0 heterocycles. The number of hydrogen-bond acceptors (Lipinski definition) is 3. The summed E-state index contributed by atoms with van der Waals surface area (Å²) < 4.78 is 5.94. The van der Waals surface area contributed by atoms with E-state index < -0.39 is 11.6 Å². The molecular formula is C25H30O4. The minimum atomic E-state index is -0.820. The number of carboxylic acid groups (broad SMARTS) is 1. The van der Waals surface area contributed by atoms with Crippen molar-refractivity contribution < 1.29 is 19.7 Å². The van der Waals surface area contributed by atoms with E-state index in [9.17, 15) is 9.90 Å². The molecular weight excluding hydrogens is 364 g/mol. The van der Waals surface area contributed by atoms with E-state index in [4.69, 9.17) is 9.84 Å². The molecule has 4 rings (SSSR count). The fourth-order valence-corrected chi connectivity index (χ4v) is 4.90. The van der Waals surface area contributed by atoms with Crippen LogP contribution in [0.1, 0.15) is 57.4 Å². The van der Waals surface area contributed by atoms with Crippen molar-refractivity contribution in [3.05, 3.63) is 60.2 Å². The lowest BCUT2D eigenvalue weighted by Gasteiger charge is -2.43. The Balaban J connectivity index is 1.38. The molecule has 2 fully saturated rings. The molecule has 2 aromatic carbocycles. The Morgan fingerprint density at radius 3 is 2.38 bits per heavy atom. The minimum absolute atomic E-state index is 0.197. The van der Waals surface area contributed by atoms with E-state index in [0.29, 0.717) is 18.3 Å². The number of rotatable bonds is 7. The van der Waals surface area contributed by atoms with Gasteiger partial charge in [0, 0.05) is 6.42 Å². The van der Waals surface area contributed by atoms with Gasteiger partial charge in [-0.25, -0.2) is 0 Å². The quantitative estimate of drug-likeness (QED) is 0.628. The Hall–Kier alpha value is -2.33. The van der Waals surface area contributed by atoms with E-state index >= 15 is 0 Å². The third kappa shape index (κ3) is 4.81. The molecule has 2 aliphatic carbocycles. The molecule has 2 atom stereocenters. The number of carbonyl (C=O) groups is 1. The molecule has 0 radical (unpaired) electrons. The molecule has 4 heteroatoms. The lowest BCUT2D eigenvalue weighted by molar-refractivity contribution is -0.137. The van der Waals surface area contributed by atoms with Crippen molar-refractivity contribution in [1.29, 1.82) is 0 Å². The van der Waals surface area contributed by atoms with Gasteiger partial charge in [0.15, 0.2) is 0 Å². The normalized spacial score (nSPS) is 31.2. The topological polar surface area (TPSA) is 66.8 Å². The van der Waals surface area contributed by atoms with Gasteiger partial charge < -0.3 is 14.9 Å². The summed E-state index contributed by atoms with van der Waals surface area (Å²) in [6.45, 7) is 2.30. The minimum Gasteiger partial charge on any atom is -0.481 e. The second kappa shape index (κ2) is 7.83. The Bertz CT molecular complexity index is 852. The Kier molecular flexibility index (Phi) is 5.39. The van der Waals surface area contributed by atoms with Crippen LogP contribution in [0.5, 0.6) is 11.5 Å².